The summed E-state index contributed by atoms with van der Waals surface area (Å²) in [5.41, 5.74) is 5.85. The molecule has 0 radical (unpaired) electrons. The van der Waals surface area contributed by atoms with E-state index in [0.29, 0.717) is 0 Å². The largest absolute Gasteiger partial charge is 0.352 e. The van der Waals surface area contributed by atoms with Gasteiger partial charge in [-0.15, -0.1) is 0 Å². The van der Waals surface area contributed by atoms with E-state index in [-0.39, 0.29) is 23.9 Å². The zero-order valence-electron chi connectivity index (χ0n) is 11.3. The van der Waals surface area contributed by atoms with Crippen LogP contribution in [-0.4, -0.2) is 43.5 Å². The van der Waals surface area contributed by atoms with Gasteiger partial charge in [-0.1, -0.05) is 20.3 Å². The molecule has 96 valence electrons. The minimum atomic E-state index is -0.383. The van der Waals surface area contributed by atoms with Gasteiger partial charge in [0.15, 0.2) is 0 Å². The van der Waals surface area contributed by atoms with E-state index in [2.05, 4.69) is 10.2 Å². The number of amides is 1. The minimum Gasteiger partial charge on any atom is -0.352 e. The highest BCUT2D eigenvalue weighted by molar-refractivity contribution is 5.82. The number of hydrogen-bond donors (Lipinski definition) is 2. The first-order chi connectivity index (χ1) is 7.38. The van der Waals surface area contributed by atoms with Crippen LogP contribution in [0.1, 0.15) is 33.6 Å². The highest BCUT2D eigenvalue weighted by atomic mass is 16.2. The molecule has 0 aliphatic heterocycles. The van der Waals surface area contributed by atoms with Crippen molar-refractivity contribution in [3.8, 4) is 0 Å². The molecule has 1 amide bonds. The molecule has 3 atom stereocenters. The van der Waals surface area contributed by atoms with E-state index in [1.807, 2.05) is 34.9 Å². The molecule has 0 aliphatic rings. The fourth-order valence-electron chi connectivity index (χ4n) is 1.38. The van der Waals surface area contributed by atoms with Crippen molar-refractivity contribution >= 4 is 5.91 Å². The van der Waals surface area contributed by atoms with Gasteiger partial charge in [0.2, 0.25) is 5.91 Å². The number of rotatable bonds is 7. The molecular weight excluding hydrogens is 202 g/mol. The Bertz CT molecular complexity index is 206. The first-order valence-corrected chi connectivity index (χ1v) is 6.09. The average Bonchev–Trinajstić information content (AvgIpc) is 2.24. The molecule has 0 aromatic rings. The topological polar surface area (TPSA) is 58.4 Å². The fourth-order valence-corrected chi connectivity index (χ4v) is 1.38. The molecule has 0 aromatic carbocycles. The highest BCUT2D eigenvalue weighted by Gasteiger charge is 2.20. The van der Waals surface area contributed by atoms with Crippen LogP contribution in [-0.2, 0) is 4.79 Å². The Morgan fingerprint density at radius 3 is 2.38 bits per heavy atom. The Kier molecular flexibility index (Phi) is 7.34. The van der Waals surface area contributed by atoms with Gasteiger partial charge in [0.1, 0.15) is 0 Å². The number of hydrogen-bond acceptors (Lipinski definition) is 3. The van der Waals surface area contributed by atoms with Gasteiger partial charge in [0.25, 0.3) is 0 Å². The van der Waals surface area contributed by atoms with E-state index < -0.39 is 0 Å². The Hall–Kier alpha value is -0.610. The molecule has 0 spiro atoms. The van der Waals surface area contributed by atoms with Crippen LogP contribution in [0, 0.1) is 5.92 Å². The number of carbonyl (C=O) groups excluding carboxylic acids is 1. The Morgan fingerprint density at radius 2 is 1.94 bits per heavy atom. The highest BCUT2D eigenvalue weighted by Crippen LogP contribution is 2.05. The normalized spacial score (nSPS) is 16.9. The maximum absolute atomic E-state index is 11.7. The lowest BCUT2D eigenvalue weighted by Gasteiger charge is -2.22. The molecule has 0 aliphatic carbocycles. The van der Waals surface area contributed by atoms with E-state index in [1.165, 1.54) is 0 Å². The summed E-state index contributed by atoms with van der Waals surface area (Å²) in [5, 5.41) is 2.96. The first-order valence-electron chi connectivity index (χ1n) is 6.09. The predicted octanol–water partition coefficient (Wildman–Crippen LogP) is 0.816. The van der Waals surface area contributed by atoms with E-state index in [1.54, 1.807) is 0 Å². The van der Waals surface area contributed by atoms with Crippen molar-refractivity contribution < 1.29 is 4.79 Å². The van der Waals surface area contributed by atoms with Crippen molar-refractivity contribution in [3.63, 3.8) is 0 Å². The Balaban J connectivity index is 3.94. The van der Waals surface area contributed by atoms with Crippen molar-refractivity contribution in [1.29, 1.82) is 0 Å². The molecule has 16 heavy (non-hydrogen) atoms. The van der Waals surface area contributed by atoms with Crippen molar-refractivity contribution in [2.24, 2.45) is 11.7 Å². The second-order valence-corrected chi connectivity index (χ2v) is 4.91. The quantitative estimate of drug-likeness (QED) is 0.679. The van der Waals surface area contributed by atoms with Gasteiger partial charge in [0, 0.05) is 6.04 Å². The van der Waals surface area contributed by atoms with Gasteiger partial charge in [-0.05, 0) is 39.9 Å². The monoisotopic (exact) mass is 229 g/mol. The molecule has 0 aromatic heterocycles. The average molecular weight is 229 g/mol. The van der Waals surface area contributed by atoms with Gasteiger partial charge in [0.05, 0.1) is 6.04 Å². The SMILES string of the molecule is CCC(C)C(N)C(=O)NC(C)CCN(C)C. The van der Waals surface area contributed by atoms with E-state index in [4.69, 9.17) is 5.73 Å². The summed E-state index contributed by atoms with van der Waals surface area (Å²) in [4.78, 5) is 13.9. The van der Waals surface area contributed by atoms with E-state index >= 15 is 0 Å². The molecule has 0 fully saturated rings. The van der Waals surface area contributed by atoms with Crippen LogP contribution in [0.25, 0.3) is 0 Å². The van der Waals surface area contributed by atoms with Crippen LogP contribution in [0.3, 0.4) is 0 Å². The maximum Gasteiger partial charge on any atom is 0.237 e. The molecule has 0 bridgehead atoms. The smallest absolute Gasteiger partial charge is 0.237 e. The molecule has 0 saturated carbocycles. The zero-order valence-corrected chi connectivity index (χ0v) is 11.3. The molecule has 4 nitrogen and oxygen atoms in total. The first kappa shape index (κ1) is 15.4. The summed E-state index contributed by atoms with van der Waals surface area (Å²) in [5.74, 6) is 0.210. The lowest BCUT2D eigenvalue weighted by molar-refractivity contribution is -0.124. The number of nitrogens with two attached hydrogens (primary N) is 1. The molecule has 4 heteroatoms. The van der Waals surface area contributed by atoms with Gasteiger partial charge >= 0.3 is 0 Å². The third-order valence-electron chi connectivity index (χ3n) is 2.96. The van der Waals surface area contributed by atoms with Crippen molar-refractivity contribution in [2.45, 2.75) is 45.7 Å². The molecule has 0 saturated heterocycles. The van der Waals surface area contributed by atoms with Gasteiger partial charge in [-0.2, -0.15) is 0 Å². The number of nitrogens with zero attached hydrogens (tertiary/aromatic N) is 1. The minimum absolute atomic E-state index is 0.0272. The third-order valence-corrected chi connectivity index (χ3v) is 2.96. The Morgan fingerprint density at radius 1 is 1.38 bits per heavy atom. The van der Waals surface area contributed by atoms with Crippen molar-refractivity contribution in [2.75, 3.05) is 20.6 Å². The van der Waals surface area contributed by atoms with Crippen LogP contribution < -0.4 is 11.1 Å². The number of nitrogens with one attached hydrogen (secondary N) is 1. The van der Waals surface area contributed by atoms with Crippen LogP contribution in [0.5, 0.6) is 0 Å². The van der Waals surface area contributed by atoms with Gasteiger partial charge in [-0.3, -0.25) is 4.79 Å². The van der Waals surface area contributed by atoms with Gasteiger partial charge in [-0.25, -0.2) is 0 Å². The molecule has 3 unspecified atom stereocenters. The fraction of sp³-hybridized carbons (Fsp3) is 0.917. The van der Waals surface area contributed by atoms with Crippen molar-refractivity contribution in [1.82, 2.24) is 10.2 Å². The van der Waals surface area contributed by atoms with Crippen LogP contribution >= 0.6 is 0 Å². The predicted molar refractivity (Wildman–Crippen MR) is 68.2 cm³/mol. The molecule has 0 rings (SSSR count). The summed E-state index contributed by atoms with van der Waals surface area (Å²) in [6, 6.07) is -0.197. The maximum atomic E-state index is 11.7. The summed E-state index contributed by atoms with van der Waals surface area (Å²) in [6.45, 7) is 7.05. The van der Waals surface area contributed by atoms with Crippen LogP contribution in [0.15, 0.2) is 0 Å². The molecular formula is C12H27N3O. The summed E-state index contributed by atoms with van der Waals surface area (Å²) in [7, 11) is 4.05. The molecule has 3 N–H and O–H groups in total. The summed E-state index contributed by atoms with van der Waals surface area (Å²) in [6.07, 6.45) is 1.88. The lowest BCUT2D eigenvalue weighted by Crippen LogP contribution is -2.48. The van der Waals surface area contributed by atoms with Crippen LogP contribution in [0.4, 0.5) is 0 Å². The van der Waals surface area contributed by atoms with Crippen molar-refractivity contribution in [3.05, 3.63) is 0 Å². The lowest BCUT2D eigenvalue weighted by atomic mass is 9.99. The van der Waals surface area contributed by atoms with E-state index in [0.717, 1.165) is 19.4 Å². The van der Waals surface area contributed by atoms with E-state index in [9.17, 15) is 4.79 Å². The molecule has 0 heterocycles. The summed E-state index contributed by atoms with van der Waals surface area (Å²) >= 11 is 0. The Labute approximate surface area is 99.6 Å². The third kappa shape index (κ3) is 6.08. The zero-order chi connectivity index (χ0) is 12.7. The summed E-state index contributed by atoms with van der Waals surface area (Å²) < 4.78 is 0. The standard InChI is InChI=1S/C12H27N3O/c1-6-9(2)11(13)12(16)14-10(3)7-8-15(4)5/h9-11H,6-8,13H2,1-5H3,(H,14,16). The van der Waals surface area contributed by atoms with Crippen LogP contribution in [0.2, 0.25) is 0 Å². The number of carbonyl (C=O) groups is 1. The second-order valence-electron chi connectivity index (χ2n) is 4.91. The second kappa shape index (κ2) is 7.63. The van der Waals surface area contributed by atoms with Gasteiger partial charge < -0.3 is 16.0 Å².